The normalized spacial score (nSPS) is 20.3. The lowest BCUT2D eigenvalue weighted by molar-refractivity contribution is -0.121. The number of carbonyl (C=O) groups excluding carboxylic acids is 1. The molecule has 1 N–H and O–H groups in total. The third-order valence-electron chi connectivity index (χ3n) is 3.54. The number of aryl methyl sites for hydroxylation is 2. The molecule has 18 heavy (non-hydrogen) atoms. The minimum atomic E-state index is -0.0105. The highest BCUT2D eigenvalue weighted by molar-refractivity contribution is 5.98. The molecule has 1 amide bonds. The van der Waals surface area contributed by atoms with E-state index in [1.807, 2.05) is 11.8 Å². The molecule has 0 radical (unpaired) electrons. The Kier molecular flexibility index (Phi) is 4.02. The van der Waals surface area contributed by atoms with Crippen LogP contribution in [0.15, 0.2) is 18.2 Å². The van der Waals surface area contributed by atoms with E-state index in [1.54, 1.807) is 0 Å². The smallest absolute Gasteiger partial charge is 0.244 e. The highest BCUT2D eigenvalue weighted by atomic mass is 16.2. The van der Waals surface area contributed by atoms with Gasteiger partial charge < -0.3 is 10.2 Å². The first-order valence-corrected chi connectivity index (χ1v) is 6.75. The number of nitrogens with one attached hydrogen (secondary N) is 1. The van der Waals surface area contributed by atoms with Crippen molar-refractivity contribution in [2.75, 3.05) is 18.0 Å². The van der Waals surface area contributed by atoms with Crippen molar-refractivity contribution in [3.63, 3.8) is 0 Å². The molecule has 0 saturated carbocycles. The molecule has 98 valence electrons. The molecule has 1 aliphatic rings. The molecular weight excluding hydrogens is 224 g/mol. The number of hydrogen-bond acceptors (Lipinski definition) is 2. The van der Waals surface area contributed by atoms with Crippen LogP contribution in [0.25, 0.3) is 0 Å². The van der Waals surface area contributed by atoms with Crippen LogP contribution in [-0.4, -0.2) is 25.0 Å². The predicted octanol–water partition coefficient (Wildman–Crippen LogP) is 2.41. The number of amides is 1. The number of nitrogens with zero attached hydrogens (tertiary/aromatic N) is 1. The summed E-state index contributed by atoms with van der Waals surface area (Å²) in [5.41, 5.74) is 3.45. The highest BCUT2D eigenvalue weighted by Crippen LogP contribution is 2.25. The van der Waals surface area contributed by atoms with Gasteiger partial charge in [0.1, 0.15) is 0 Å². The van der Waals surface area contributed by atoms with Crippen molar-refractivity contribution < 1.29 is 4.79 Å². The zero-order valence-corrected chi connectivity index (χ0v) is 11.5. The first-order valence-electron chi connectivity index (χ1n) is 6.75. The van der Waals surface area contributed by atoms with E-state index in [1.165, 1.54) is 11.1 Å². The Bertz CT molecular complexity index is 440. The Morgan fingerprint density at radius 1 is 1.39 bits per heavy atom. The summed E-state index contributed by atoms with van der Waals surface area (Å²) < 4.78 is 0. The Balaban J connectivity index is 2.26. The van der Waals surface area contributed by atoms with Gasteiger partial charge in [0.25, 0.3) is 0 Å². The van der Waals surface area contributed by atoms with Gasteiger partial charge in [-0.3, -0.25) is 4.79 Å². The van der Waals surface area contributed by atoms with Gasteiger partial charge in [-0.15, -0.1) is 0 Å². The van der Waals surface area contributed by atoms with E-state index in [4.69, 9.17) is 0 Å². The fraction of sp³-hybridized carbons (Fsp3) is 0.533. The second-order valence-corrected chi connectivity index (χ2v) is 5.03. The van der Waals surface area contributed by atoms with E-state index in [0.29, 0.717) is 0 Å². The van der Waals surface area contributed by atoms with Crippen LogP contribution in [0.2, 0.25) is 0 Å². The molecule has 0 bridgehead atoms. The molecule has 1 fully saturated rings. The molecular formula is C15H22N2O. The zero-order chi connectivity index (χ0) is 13.1. The minimum absolute atomic E-state index is 0.0105. The molecule has 0 spiro atoms. The lowest BCUT2D eigenvalue weighted by Gasteiger charge is -2.33. The Morgan fingerprint density at radius 2 is 2.17 bits per heavy atom. The number of hydrogen-bond donors (Lipinski definition) is 1. The van der Waals surface area contributed by atoms with Crippen molar-refractivity contribution in [1.82, 2.24) is 5.32 Å². The topological polar surface area (TPSA) is 32.3 Å². The summed E-state index contributed by atoms with van der Waals surface area (Å²) in [5, 5.41) is 3.28. The second kappa shape index (κ2) is 5.53. The van der Waals surface area contributed by atoms with Gasteiger partial charge in [-0.05, 0) is 50.4 Å². The maximum absolute atomic E-state index is 12.4. The highest BCUT2D eigenvalue weighted by Gasteiger charge is 2.29. The van der Waals surface area contributed by atoms with Gasteiger partial charge in [0.05, 0.1) is 6.04 Å². The summed E-state index contributed by atoms with van der Waals surface area (Å²) in [6.45, 7) is 7.87. The van der Waals surface area contributed by atoms with Crippen molar-refractivity contribution in [3.8, 4) is 0 Å². The number of piperidine rings is 1. The Labute approximate surface area is 109 Å². The average molecular weight is 246 g/mol. The molecule has 0 aromatic heterocycles. The second-order valence-electron chi connectivity index (χ2n) is 5.03. The molecule has 3 nitrogen and oxygen atoms in total. The van der Waals surface area contributed by atoms with E-state index < -0.39 is 0 Å². The number of anilines is 1. The third-order valence-corrected chi connectivity index (χ3v) is 3.54. The van der Waals surface area contributed by atoms with Gasteiger partial charge in [-0.1, -0.05) is 19.1 Å². The van der Waals surface area contributed by atoms with Gasteiger partial charge in [0.15, 0.2) is 0 Å². The number of rotatable bonds is 3. The van der Waals surface area contributed by atoms with Gasteiger partial charge in [0.2, 0.25) is 5.91 Å². The van der Waals surface area contributed by atoms with Gasteiger partial charge in [0, 0.05) is 12.2 Å². The van der Waals surface area contributed by atoms with Crippen LogP contribution >= 0.6 is 0 Å². The minimum Gasteiger partial charge on any atom is -0.311 e. The first kappa shape index (κ1) is 13.1. The molecule has 1 aromatic rings. The van der Waals surface area contributed by atoms with Crippen LogP contribution in [0.3, 0.4) is 0 Å². The average Bonchev–Trinajstić information content (AvgIpc) is 2.35. The predicted molar refractivity (Wildman–Crippen MR) is 75.0 cm³/mol. The molecule has 1 unspecified atom stereocenters. The number of benzene rings is 1. The standard InChI is InChI=1S/C15H22N2O/c1-4-16-13-6-5-9-17(15(13)18)14-10-11(2)7-8-12(14)3/h7-8,10,13,16H,4-6,9H2,1-3H3. The van der Waals surface area contributed by atoms with Gasteiger partial charge in [-0.25, -0.2) is 0 Å². The Hall–Kier alpha value is -1.35. The van der Waals surface area contributed by atoms with Crippen molar-refractivity contribution in [3.05, 3.63) is 29.3 Å². The summed E-state index contributed by atoms with van der Waals surface area (Å²) in [7, 11) is 0. The molecule has 1 heterocycles. The van der Waals surface area contributed by atoms with Crippen molar-refractivity contribution >= 4 is 11.6 Å². The molecule has 0 aliphatic carbocycles. The third kappa shape index (κ3) is 2.56. The SMILES string of the molecule is CCNC1CCCN(c2cc(C)ccc2C)C1=O. The molecule has 1 saturated heterocycles. The molecule has 2 rings (SSSR count). The van der Waals surface area contributed by atoms with Gasteiger partial charge >= 0.3 is 0 Å². The summed E-state index contributed by atoms with van der Waals surface area (Å²) in [6, 6.07) is 6.29. The number of likely N-dealkylation sites (N-methyl/N-ethyl adjacent to an activating group) is 1. The summed E-state index contributed by atoms with van der Waals surface area (Å²) >= 11 is 0. The van der Waals surface area contributed by atoms with Crippen LogP contribution in [0.4, 0.5) is 5.69 Å². The molecule has 1 aliphatic heterocycles. The summed E-state index contributed by atoms with van der Waals surface area (Å²) in [5.74, 6) is 0.219. The van der Waals surface area contributed by atoms with E-state index in [-0.39, 0.29) is 11.9 Å². The van der Waals surface area contributed by atoms with Crippen LogP contribution < -0.4 is 10.2 Å². The maximum Gasteiger partial charge on any atom is 0.244 e. The van der Waals surface area contributed by atoms with Crippen LogP contribution in [-0.2, 0) is 4.79 Å². The Morgan fingerprint density at radius 3 is 2.89 bits per heavy atom. The fourth-order valence-corrected chi connectivity index (χ4v) is 2.56. The van der Waals surface area contributed by atoms with E-state index in [9.17, 15) is 4.79 Å². The van der Waals surface area contributed by atoms with Crippen molar-refractivity contribution in [2.45, 2.75) is 39.7 Å². The van der Waals surface area contributed by atoms with Crippen LogP contribution in [0.1, 0.15) is 30.9 Å². The van der Waals surface area contributed by atoms with E-state index >= 15 is 0 Å². The molecule has 1 aromatic carbocycles. The zero-order valence-electron chi connectivity index (χ0n) is 11.5. The van der Waals surface area contributed by atoms with Crippen molar-refractivity contribution in [2.24, 2.45) is 0 Å². The summed E-state index contributed by atoms with van der Waals surface area (Å²) in [4.78, 5) is 14.4. The molecule has 3 heteroatoms. The van der Waals surface area contributed by atoms with E-state index in [0.717, 1.165) is 31.6 Å². The van der Waals surface area contributed by atoms with Gasteiger partial charge in [-0.2, -0.15) is 0 Å². The fourth-order valence-electron chi connectivity index (χ4n) is 2.56. The quantitative estimate of drug-likeness (QED) is 0.888. The lowest BCUT2D eigenvalue weighted by atomic mass is 10.0. The monoisotopic (exact) mass is 246 g/mol. The first-order chi connectivity index (χ1) is 8.63. The molecule has 1 atom stereocenters. The largest absolute Gasteiger partial charge is 0.311 e. The summed E-state index contributed by atoms with van der Waals surface area (Å²) in [6.07, 6.45) is 2.02. The van der Waals surface area contributed by atoms with E-state index in [2.05, 4.69) is 37.4 Å². The lowest BCUT2D eigenvalue weighted by Crippen LogP contribution is -2.51. The number of carbonyl (C=O) groups is 1. The van der Waals surface area contributed by atoms with Crippen LogP contribution in [0, 0.1) is 13.8 Å². The maximum atomic E-state index is 12.4. The van der Waals surface area contributed by atoms with Crippen LogP contribution in [0.5, 0.6) is 0 Å². The van der Waals surface area contributed by atoms with Crippen molar-refractivity contribution in [1.29, 1.82) is 0 Å².